The molecule has 0 radical (unpaired) electrons. The predicted octanol–water partition coefficient (Wildman–Crippen LogP) is 3.30. The highest BCUT2D eigenvalue weighted by Gasteiger charge is 2.11. The molecule has 1 aromatic heterocycles. The fourth-order valence-electron chi connectivity index (χ4n) is 1.50. The van der Waals surface area contributed by atoms with Crippen molar-refractivity contribution in [3.8, 4) is 0 Å². The number of halogens is 1. The summed E-state index contributed by atoms with van der Waals surface area (Å²) in [6.07, 6.45) is 1.26. The Labute approximate surface area is 92.2 Å². The molecule has 0 fully saturated rings. The van der Waals surface area contributed by atoms with Gasteiger partial charge < -0.3 is 4.74 Å². The number of benzene rings is 1. The molecule has 0 unspecified atom stereocenters. The molecule has 0 N–H and O–H groups in total. The second-order valence-electron chi connectivity index (χ2n) is 3.06. The van der Waals surface area contributed by atoms with Crippen LogP contribution in [0.4, 0.5) is 4.79 Å². The van der Waals surface area contributed by atoms with E-state index in [0.717, 1.165) is 5.39 Å². The summed E-state index contributed by atoms with van der Waals surface area (Å²) < 4.78 is 6.33. The average molecular weight is 224 g/mol. The zero-order valence-corrected chi connectivity index (χ0v) is 8.99. The van der Waals surface area contributed by atoms with Crippen molar-refractivity contribution in [1.29, 1.82) is 0 Å². The Kier molecular flexibility index (Phi) is 2.64. The van der Waals surface area contributed by atoms with Gasteiger partial charge in [-0.2, -0.15) is 0 Å². The van der Waals surface area contributed by atoms with Crippen LogP contribution in [-0.2, 0) is 4.74 Å². The first-order valence-corrected chi connectivity index (χ1v) is 5.04. The fraction of sp³-hybridized carbons (Fsp3) is 0.182. The van der Waals surface area contributed by atoms with Gasteiger partial charge in [0.25, 0.3) is 0 Å². The van der Waals surface area contributed by atoms with E-state index in [2.05, 4.69) is 0 Å². The van der Waals surface area contributed by atoms with Gasteiger partial charge in [-0.25, -0.2) is 4.79 Å². The minimum Gasteiger partial charge on any atom is -0.449 e. The molecule has 3 nitrogen and oxygen atoms in total. The molecule has 2 rings (SSSR count). The molecule has 0 bridgehead atoms. The molecule has 0 aliphatic rings. The van der Waals surface area contributed by atoms with E-state index in [4.69, 9.17) is 16.3 Å². The molecule has 0 aliphatic heterocycles. The third-order valence-electron chi connectivity index (χ3n) is 2.13. The van der Waals surface area contributed by atoms with E-state index in [1.807, 2.05) is 18.2 Å². The number of hydrogen-bond donors (Lipinski definition) is 0. The maximum atomic E-state index is 11.6. The van der Waals surface area contributed by atoms with Crippen LogP contribution < -0.4 is 0 Å². The van der Waals surface area contributed by atoms with Crippen molar-refractivity contribution in [3.63, 3.8) is 0 Å². The van der Waals surface area contributed by atoms with Gasteiger partial charge in [-0.3, -0.25) is 4.57 Å². The van der Waals surface area contributed by atoms with Crippen LogP contribution >= 0.6 is 11.6 Å². The van der Waals surface area contributed by atoms with E-state index in [9.17, 15) is 4.79 Å². The Morgan fingerprint density at radius 2 is 2.27 bits per heavy atom. The van der Waals surface area contributed by atoms with E-state index >= 15 is 0 Å². The van der Waals surface area contributed by atoms with Gasteiger partial charge in [-0.15, -0.1) is 0 Å². The number of nitrogens with zero attached hydrogens (tertiary/aromatic N) is 1. The second kappa shape index (κ2) is 3.95. The molecule has 78 valence electrons. The van der Waals surface area contributed by atoms with Crippen LogP contribution in [0.15, 0.2) is 30.5 Å². The van der Waals surface area contributed by atoms with Crippen LogP contribution in [0, 0.1) is 0 Å². The summed E-state index contributed by atoms with van der Waals surface area (Å²) in [5.74, 6) is 0. The van der Waals surface area contributed by atoms with E-state index in [-0.39, 0.29) is 0 Å². The summed E-state index contributed by atoms with van der Waals surface area (Å²) in [6, 6.07) is 7.33. The van der Waals surface area contributed by atoms with Crippen LogP contribution in [0.1, 0.15) is 6.92 Å². The van der Waals surface area contributed by atoms with Gasteiger partial charge in [0.1, 0.15) is 0 Å². The first-order valence-electron chi connectivity index (χ1n) is 4.66. The molecule has 1 aromatic carbocycles. The first kappa shape index (κ1) is 10.1. The second-order valence-corrected chi connectivity index (χ2v) is 3.47. The van der Waals surface area contributed by atoms with Crippen molar-refractivity contribution in [2.75, 3.05) is 6.61 Å². The van der Waals surface area contributed by atoms with Crippen molar-refractivity contribution in [3.05, 3.63) is 35.5 Å². The molecule has 2 aromatic rings. The Bertz CT molecular complexity index is 504. The summed E-state index contributed by atoms with van der Waals surface area (Å²) >= 11 is 6.02. The Hall–Kier alpha value is -1.48. The zero-order valence-electron chi connectivity index (χ0n) is 8.24. The fourth-order valence-corrected chi connectivity index (χ4v) is 1.77. The van der Waals surface area contributed by atoms with Gasteiger partial charge in [-0.1, -0.05) is 23.7 Å². The lowest BCUT2D eigenvalue weighted by molar-refractivity contribution is 0.155. The molecule has 0 saturated carbocycles. The summed E-state index contributed by atoms with van der Waals surface area (Å²) in [6.45, 7) is 2.12. The summed E-state index contributed by atoms with van der Waals surface area (Å²) in [5, 5.41) is 1.47. The summed E-state index contributed by atoms with van der Waals surface area (Å²) in [4.78, 5) is 11.6. The highest BCUT2D eigenvalue weighted by atomic mass is 35.5. The Morgan fingerprint density at radius 3 is 3.00 bits per heavy atom. The lowest BCUT2D eigenvalue weighted by Crippen LogP contribution is -2.12. The maximum Gasteiger partial charge on any atom is 0.418 e. The molecule has 15 heavy (non-hydrogen) atoms. The van der Waals surface area contributed by atoms with Crippen LogP contribution in [0.25, 0.3) is 10.9 Å². The lowest BCUT2D eigenvalue weighted by Gasteiger charge is -2.04. The van der Waals surface area contributed by atoms with Crippen LogP contribution in [-0.4, -0.2) is 17.3 Å². The van der Waals surface area contributed by atoms with Gasteiger partial charge >= 0.3 is 6.09 Å². The van der Waals surface area contributed by atoms with Crippen molar-refractivity contribution in [1.82, 2.24) is 4.57 Å². The van der Waals surface area contributed by atoms with Crippen molar-refractivity contribution in [2.45, 2.75) is 6.92 Å². The number of hydrogen-bond acceptors (Lipinski definition) is 2. The molecule has 0 amide bonds. The van der Waals surface area contributed by atoms with Gasteiger partial charge in [-0.05, 0) is 19.1 Å². The minimum atomic E-state index is -0.402. The summed E-state index contributed by atoms with van der Waals surface area (Å²) in [5.41, 5.74) is 0.692. The molecule has 1 heterocycles. The first-order chi connectivity index (χ1) is 7.24. The topological polar surface area (TPSA) is 31.2 Å². The number of aromatic nitrogens is 1. The van der Waals surface area contributed by atoms with Gasteiger partial charge in [0.05, 0.1) is 17.1 Å². The molecular formula is C11H10ClNO2. The molecule has 0 atom stereocenters. The minimum absolute atomic E-state index is 0.350. The van der Waals surface area contributed by atoms with Crippen molar-refractivity contribution < 1.29 is 9.53 Å². The number of carbonyl (C=O) groups excluding carboxylic acids is 1. The number of ether oxygens (including phenoxy) is 1. The van der Waals surface area contributed by atoms with Crippen LogP contribution in [0.3, 0.4) is 0 Å². The molecule has 0 spiro atoms. The number of rotatable bonds is 1. The zero-order chi connectivity index (χ0) is 10.8. The monoisotopic (exact) mass is 223 g/mol. The van der Waals surface area contributed by atoms with E-state index < -0.39 is 6.09 Å². The van der Waals surface area contributed by atoms with Gasteiger partial charge in [0.2, 0.25) is 0 Å². The maximum absolute atomic E-state index is 11.6. The quantitative estimate of drug-likeness (QED) is 0.743. The molecule has 4 heteroatoms. The van der Waals surface area contributed by atoms with Crippen molar-refractivity contribution in [2.24, 2.45) is 0 Å². The summed E-state index contributed by atoms with van der Waals surface area (Å²) in [7, 11) is 0. The highest BCUT2D eigenvalue weighted by Crippen LogP contribution is 2.24. The molecule has 0 saturated heterocycles. The normalized spacial score (nSPS) is 10.5. The van der Waals surface area contributed by atoms with Crippen molar-refractivity contribution >= 4 is 28.6 Å². The average Bonchev–Trinajstić information content (AvgIpc) is 2.63. The Morgan fingerprint density at radius 1 is 1.47 bits per heavy atom. The molecule has 0 aliphatic carbocycles. The van der Waals surface area contributed by atoms with Gasteiger partial charge in [0.15, 0.2) is 0 Å². The van der Waals surface area contributed by atoms with Crippen LogP contribution in [0.5, 0.6) is 0 Å². The highest BCUT2D eigenvalue weighted by molar-refractivity contribution is 6.35. The van der Waals surface area contributed by atoms with Gasteiger partial charge in [0, 0.05) is 11.6 Å². The third kappa shape index (κ3) is 1.70. The smallest absolute Gasteiger partial charge is 0.418 e. The van der Waals surface area contributed by atoms with E-state index in [1.165, 1.54) is 4.57 Å². The van der Waals surface area contributed by atoms with E-state index in [1.54, 1.807) is 19.2 Å². The molecular weight excluding hydrogens is 214 g/mol. The Balaban J connectivity index is 2.57. The lowest BCUT2D eigenvalue weighted by atomic mass is 10.2. The third-order valence-corrected chi connectivity index (χ3v) is 2.43. The van der Waals surface area contributed by atoms with E-state index in [0.29, 0.717) is 17.1 Å². The predicted molar refractivity (Wildman–Crippen MR) is 59.4 cm³/mol. The number of carbonyl (C=O) groups is 1. The number of para-hydroxylation sites is 1. The number of fused-ring (bicyclic) bond motifs is 1. The largest absolute Gasteiger partial charge is 0.449 e. The SMILES string of the molecule is CCOC(=O)n1ccc2cccc(Cl)c21. The van der Waals surface area contributed by atoms with Crippen LogP contribution in [0.2, 0.25) is 5.02 Å². The standard InChI is InChI=1S/C11H10ClNO2/c1-2-15-11(14)13-7-6-8-4-3-5-9(12)10(8)13/h3-7H,2H2,1H3.